The summed E-state index contributed by atoms with van der Waals surface area (Å²) in [5.41, 5.74) is 2.74. The topological polar surface area (TPSA) is 70.5 Å². The molecule has 1 saturated heterocycles. The predicted octanol–water partition coefficient (Wildman–Crippen LogP) is 5.42. The molecule has 0 spiro atoms. The molecule has 3 aromatic carbocycles. The molecule has 1 fully saturated rings. The van der Waals surface area contributed by atoms with Gasteiger partial charge in [0.05, 0.1) is 11.3 Å². The maximum Gasteiger partial charge on any atom is 0.300 e. The third-order valence-electron chi connectivity index (χ3n) is 6.06. The number of aryl methyl sites for hydroxylation is 1. The zero-order valence-electron chi connectivity index (χ0n) is 18.1. The van der Waals surface area contributed by atoms with Crippen molar-refractivity contribution < 1.29 is 14.7 Å². The number of aromatic nitrogens is 1. The Labute approximate surface area is 191 Å². The quantitative estimate of drug-likeness (QED) is 0.264. The molecule has 1 atom stereocenters. The van der Waals surface area contributed by atoms with Crippen LogP contribution in [0.1, 0.15) is 29.8 Å². The van der Waals surface area contributed by atoms with Gasteiger partial charge in [0.15, 0.2) is 0 Å². The van der Waals surface area contributed by atoms with Crippen LogP contribution in [-0.4, -0.2) is 21.8 Å². The second-order valence-corrected chi connectivity index (χ2v) is 8.01. The van der Waals surface area contributed by atoms with E-state index in [0.717, 1.165) is 22.8 Å². The molecule has 1 aliphatic heterocycles. The average Bonchev–Trinajstić information content (AvgIpc) is 3.14. The minimum Gasteiger partial charge on any atom is -0.507 e. The maximum absolute atomic E-state index is 13.2. The van der Waals surface area contributed by atoms with Gasteiger partial charge in [0.1, 0.15) is 11.8 Å². The maximum atomic E-state index is 13.2. The molecule has 5 heteroatoms. The number of fused-ring (bicyclic) bond motifs is 1. The standard InChI is InChI=1S/C28H22N2O3/c1-2-18-10-14-22(15-11-18)30-25(23-9-5-6-16-29-23)24(27(32)28(30)33)26(31)21-13-12-19-7-3-4-8-20(19)17-21/h3-17,25,31H,2H2,1H3/b26-24-. The molecule has 1 N–H and O–H groups in total. The number of benzene rings is 3. The smallest absolute Gasteiger partial charge is 0.300 e. The SMILES string of the molecule is CCc1ccc(N2C(=O)C(=O)/C(=C(\O)c3ccc4ccccc4c3)C2c2ccccn2)cc1. The van der Waals surface area contributed by atoms with Crippen LogP contribution < -0.4 is 4.90 Å². The lowest BCUT2D eigenvalue weighted by atomic mass is 9.97. The molecule has 162 valence electrons. The Kier molecular flexibility index (Phi) is 5.23. The first-order chi connectivity index (χ1) is 16.1. The number of rotatable bonds is 4. The average molecular weight is 434 g/mol. The summed E-state index contributed by atoms with van der Waals surface area (Å²) in [6, 6.07) is 25.3. The number of carbonyl (C=O) groups excluding carboxylic acids is 2. The van der Waals surface area contributed by atoms with Crippen LogP contribution in [0.2, 0.25) is 0 Å². The van der Waals surface area contributed by atoms with E-state index in [0.29, 0.717) is 16.9 Å². The summed E-state index contributed by atoms with van der Waals surface area (Å²) in [5, 5.41) is 13.2. The summed E-state index contributed by atoms with van der Waals surface area (Å²) >= 11 is 0. The fraction of sp³-hybridized carbons (Fsp3) is 0.107. The lowest BCUT2D eigenvalue weighted by Gasteiger charge is -2.24. The van der Waals surface area contributed by atoms with Gasteiger partial charge in [0, 0.05) is 17.4 Å². The minimum absolute atomic E-state index is 0.0357. The molecule has 2 heterocycles. The molecule has 1 unspecified atom stereocenters. The number of carbonyl (C=O) groups is 2. The highest BCUT2D eigenvalue weighted by Gasteiger charge is 2.47. The third kappa shape index (κ3) is 3.57. The Balaban J connectivity index is 1.70. The van der Waals surface area contributed by atoms with E-state index in [1.807, 2.05) is 60.7 Å². The minimum atomic E-state index is -0.829. The number of aliphatic hydroxyl groups excluding tert-OH is 1. The van der Waals surface area contributed by atoms with Crippen LogP contribution in [0.4, 0.5) is 5.69 Å². The van der Waals surface area contributed by atoms with Gasteiger partial charge in [-0.25, -0.2) is 0 Å². The van der Waals surface area contributed by atoms with E-state index in [1.54, 1.807) is 30.5 Å². The van der Waals surface area contributed by atoms with Gasteiger partial charge in [-0.3, -0.25) is 19.5 Å². The molecule has 0 bridgehead atoms. The first-order valence-corrected chi connectivity index (χ1v) is 10.9. The number of hydrogen-bond donors (Lipinski definition) is 1. The Morgan fingerprint density at radius 1 is 0.909 bits per heavy atom. The van der Waals surface area contributed by atoms with Crippen LogP contribution in [0.5, 0.6) is 0 Å². The van der Waals surface area contributed by atoms with Crippen molar-refractivity contribution in [1.29, 1.82) is 0 Å². The molecule has 1 amide bonds. The zero-order valence-corrected chi connectivity index (χ0v) is 18.1. The second-order valence-electron chi connectivity index (χ2n) is 8.01. The van der Waals surface area contributed by atoms with Crippen LogP contribution >= 0.6 is 0 Å². The van der Waals surface area contributed by atoms with Crippen LogP contribution in [0, 0.1) is 0 Å². The van der Waals surface area contributed by atoms with Gasteiger partial charge in [-0.15, -0.1) is 0 Å². The number of pyridine rings is 1. The van der Waals surface area contributed by atoms with E-state index in [4.69, 9.17) is 0 Å². The van der Waals surface area contributed by atoms with Crippen molar-refractivity contribution in [2.45, 2.75) is 19.4 Å². The van der Waals surface area contributed by atoms with Crippen molar-refractivity contribution in [3.05, 3.63) is 114 Å². The fourth-order valence-electron chi connectivity index (χ4n) is 4.30. The van der Waals surface area contributed by atoms with E-state index in [2.05, 4.69) is 11.9 Å². The summed E-state index contributed by atoms with van der Waals surface area (Å²) in [4.78, 5) is 32.3. The molecule has 1 aliphatic rings. The highest BCUT2D eigenvalue weighted by Crippen LogP contribution is 2.41. The highest BCUT2D eigenvalue weighted by molar-refractivity contribution is 6.51. The van der Waals surface area contributed by atoms with Crippen LogP contribution in [-0.2, 0) is 16.0 Å². The molecular formula is C28H22N2O3. The lowest BCUT2D eigenvalue weighted by Crippen LogP contribution is -2.29. The zero-order chi connectivity index (χ0) is 22.9. The molecule has 5 rings (SSSR count). The first-order valence-electron chi connectivity index (χ1n) is 10.9. The number of nitrogens with zero attached hydrogens (tertiary/aromatic N) is 2. The Hall–Kier alpha value is -4.25. The van der Waals surface area contributed by atoms with Crippen LogP contribution in [0.15, 0.2) is 96.7 Å². The molecular weight excluding hydrogens is 412 g/mol. The van der Waals surface area contributed by atoms with Crippen molar-refractivity contribution in [2.24, 2.45) is 0 Å². The molecule has 4 aromatic rings. The molecule has 0 radical (unpaired) electrons. The van der Waals surface area contributed by atoms with E-state index < -0.39 is 17.7 Å². The molecule has 0 saturated carbocycles. The van der Waals surface area contributed by atoms with E-state index in [1.165, 1.54) is 4.90 Å². The summed E-state index contributed by atoms with van der Waals surface area (Å²) in [6.07, 6.45) is 2.48. The summed E-state index contributed by atoms with van der Waals surface area (Å²) in [7, 11) is 0. The van der Waals surface area contributed by atoms with Gasteiger partial charge >= 0.3 is 0 Å². The largest absolute Gasteiger partial charge is 0.507 e. The van der Waals surface area contributed by atoms with Gasteiger partial charge < -0.3 is 5.11 Å². The normalized spacial score (nSPS) is 17.6. The Morgan fingerprint density at radius 3 is 2.33 bits per heavy atom. The van der Waals surface area contributed by atoms with Crippen molar-refractivity contribution in [3.8, 4) is 0 Å². The third-order valence-corrected chi connectivity index (χ3v) is 6.06. The monoisotopic (exact) mass is 434 g/mol. The molecule has 0 aliphatic carbocycles. The number of aliphatic hydroxyl groups is 1. The summed E-state index contributed by atoms with van der Waals surface area (Å²) < 4.78 is 0. The number of ketones is 1. The van der Waals surface area contributed by atoms with E-state index in [-0.39, 0.29) is 11.3 Å². The van der Waals surface area contributed by atoms with E-state index in [9.17, 15) is 14.7 Å². The number of hydrogen-bond acceptors (Lipinski definition) is 4. The number of Topliss-reactive ketones (excluding diaryl/α,β-unsaturated/α-hetero) is 1. The highest BCUT2D eigenvalue weighted by atomic mass is 16.3. The summed E-state index contributed by atoms with van der Waals surface area (Å²) in [6.45, 7) is 2.05. The van der Waals surface area contributed by atoms with Crippen molar-refractivity contribution in [2.75, 3.05) is 4.90 Å². The van der Waals surface area contributed by atoms with Crippen LogP contribution in [0.25, 0.3) is 16.5 Å². The van der Waals surface area contributed by atoms with E-state index >= 15 is 0 Å². The molecule has 1 aromatic heterocycles. The summed E-state index contributed by atoms with van der Waals surface area (Å²) in [5.74, 6) is -1.62. The van der Waals surface area contributed by atoms with Gasteiger partial charge in [-0.05, 0) is 53.1 Å². The predicted molar refractivity (Wildman–Crippen MR) is 129 cm³/mol. The van der Waals surface area contributed by atoms with Gasteiger partial charge in [-0.1, -0.05) is 61.5 Å². The molecule has 33 heavy (non-hydrogen) atoms. The van der Waals surface area contributed by atoms with Gasteiger partial charge in [0.2, 0.25) is 0 Å². The van der Waals surface area contributed by atoms with Crippen molar-refractivity contribution in [3.63, 3.8) is 0 Å². The molecule has 5 nitrogen and oxygen atoms in total. The van der Waals surface area contributed by atoms with Crippen LogP contribution in [0.3, 0.4) is 0 Å². The first kappa shape index (κ1) is 20.6. The fourth-order valence-corrected chi connectivity index (χ4v) is 4.30. The number of anilines is 1. The van der Waals surface area contributed by atoms with Gasteiger partial charge in [0.25, 0.3) is 11.7 Å². The Morgan fingerprint density at radius 2 is 1.64 bits per heavy atom. The second kappa shape index (κ2) is 8.36. The van der Waals surface area contributed by atoms with Crippen molar-refractivity contribution in [1.82, 2.24) is 4.98 Å². The van der Waals surface area contributed by atoms with Crippen molar-refractivity contribution >= 4 is 33.9 Å². The Bertz CT molecular complexity index is 1390. The van der Waals surface area contributed by atoms with Gasteiger partial charge in [-0.2, -0.15) is 0 Å². The number of amides is 1. The lowest BCUT2D eigenvalue weighted by molar-refractivity contribution is -0.132.